The fourth-order valence-electron chi connectivity index (χ4n) is 2.36. The molecule has 0 unspecified atom stereocenters. The number of methoxy groups -OCH3 is 2. The van der Waals surface area contributed by atoms with E-state index >= 15 is 0 Å². The molecule has 0 atom stereocenters. The molecular weight excluding hydrogens is 360 g/mol. The largest absolute Gasteiger partial charge is 0.504 e. The van der Waals surface area contributed by atoms with E-state index < -0.39 is 0 Å². The number of allylic oxidation sites excluding steroid dienone is 3. The smallest absolute Gasteiger partial charge is 0.161 e. The van der Waals surface area contributed by atoms with Gasteiger partial charge in [0, 0.05) is 12.0 Å². The van der Waals surface area contributed by atoms with Crippen LogP contribution in [0.5, 0.6) is 23.0 Å². The quantitative estimate of drug-likeness (QED) is 0.413. The Morgan fingerprint density at radius 1 is 0.929 bits per heavy atom. The van der Waals surface area contributed by atoms with Gasteiger partial charge in [0.15, 0.2) is 28.8 Å². The number of benzene rings is 2. The van der Waals surface area contributed by atoms with Crippen molar-refractivity contribution in [3.05, 3.63) is 65.3 Å². The summed E-state index contributed by atoms with van der Waals surface area (Å²) in [6.45, 7) is 0. The van der Waals surface area contributed by atoms with Crippen molar-refractivity contribution in [1.82, 2.24) is 0 Å². The number of aromatic hydroxyl groups is 2. The van der Waals surface area contributed by atoms with Gasteiger partial charge in [-0.05, 0) is 47.5 Å². The molecule has 0 saturated heterocycles. The summed E-state index contributed by atoms with van der Waals surface area (Å²) >= 11 is 0. The zero-order chi connectivity index (χ0) is 20.5. The van der Waals surface area contributed by atoms with Crippen LogP contribution in [-0.4, -0.2) is 36.2 Å². The Hall–Kier alpha value is -3.76. The van der Waals surface area contributed by atoms with Gasteiger partial charge >= 0.3 is 0 Å². The molecule has 2 rings (SSSR count). The third-order valence-corrected chi connectivity index (χ3v) is 3.84. The summed E-state index contributed by atoms with van der Waals surface area (Å²) in [5.74, 6) is 2.11. The van der Waals surface area contributed by atoms with Gasteiger partial charge in [-0.25, -0.2) is 4.79 Å². The van der Waals surface area contributed by atoms with E-state index in [1.54, 1.807) is 42.4 Å². The Bertz CT molecular complexity index is 965. The molecule has 6 nitrogen and oxygen atoms in total. The first-order valence-electron chi connectivity index (χ1n) is 8.33. The first-order chi connectivity index (χ1) is 13.5. The van der Waals surface area contributed by atoms with Crippen LogP contribution in [0.3, 0.4) is 0 Å². The van der Waals surface area contributed by atoms with Crippen LogP contribution in [0.4, 0.5) is 0 Å². The summed E-state index contributed by atoms with van der Waals surface area (Å²) in [4.78, 5) is 23.2. The number of carbonyl (C=O) groups excluding carboxylic acids is 2. The minimum Gasteiger partial charge on any atom is -0.504 e. The summed E-state index contributed by atoms with van der Waals surface area (Å²) in [6.07, 6.45) is 5.93. The van der Waals surface area contributed by atoms with Gasteiger partial charge in [0.1, 0.15) is 5.94 Å². The van der Waals surface area contributed by atoms with Crippen LogP contribution in [0.15, 0.2) is 54.1 Å². The van der Waals surface area contributed by atoms with Gasteiger partial charge in [0.05, 0.1) is 14.2 Å². The average molecular weight is 380 g/mol. The second-order valence-electron chi connectivity index (χ2n) is 5.80. The van der Waals surface area contributed by atoms with Crippen molar-refractivity contribution in [3.63, 3.8) is 0 Å². The summed E-state index contributed by atoms with van der Waals surface area (Å²) < 4.78 is 10.0. The highest BCUT2D eigenvalue weighted by atomic mass is 16.5. The van der Waals surface area contributed by atoms with Crippen molar-refractivity contribution in [2.24, 2.45) is 0 Å². The predicted octanol–water partition coefficient (Wildman–Crippen LogP) is 3.56. The number of phenolic OH excluding ortho intramolecular Hbond substituents is 2. The van der Waals surface area contributed by atoms with Crippen LogP contribution < -0.4 is 9.47 Å². The second kappa shape index (κ2) is 9.80. The topological polar surface area (TPSA) is 93.1 Å². The van der Waals surface area contributed by atoms with Gasteiger partial charge in [0.2, 0.25) is 0 Å². The van der Waals surface area contributed by atoms with Crippen molar-refractivity contribution in [2.75, 3.05) is 14.2 Å². The highest BCUT2D eigenvalue weighted by Crippen LogP contribution is 2.27. The molecule has 0 aliphatic heterocycles. The van der Waals surface area contributed by atoms with E-state index in [4.69, 9.17) is 9.47 Å². The number of ether oxygens (including phenoxy) is 2. The number of rotatable bonds is 8. The lowest BCUT2D eigenvalue weighted by molar-refractivity contribution is -0.113. The molecule has 0 aliphatic rings. The standard InChI is InChI=1S/C22H20O6/c1-27-21-12-15(6-9-19(21)25)3-4-17(14-23)11-18(24)8-5-16-7-10-20(26)22(13-16)28-2/h3-10,12-13,25-26H,11H2,1-2H3/b4-3+,8-5+. The van der Waals surface area contributed by atoms with Crippen molar-refractivity contribution in [2.45, 2.75) is 6.42 Å². The molecule has 0 spiro atoms. The van der Waals surface area contributed by atoms with Gasteiger partial charge in [-0.15, -0.1) is 0 Å². The minimum atomic E-state index is -0.279. The maximum Gasteiger partial charge on any atom is 0.161 e. The third kappa shape index (κ3) is 5.62. The molecule has 28 heavy (non-hydrogen) atoms. The summed E-state index contributed by atoms with van der Waals surface area (Å²) in [5.41, 5.74) is 1.55. The van der Waals surface area contributed by atoms with E-state index in [1.807, 2.05) is 0 Å². The highest BCUT2D eigenvalue weighted by Gasteiger charge is 2.05. The SMILES string of the molecule is COc1cc(/C=C/C(=O)CC(=C=O)/C=C/c2ccc(O)c(OC)c2)ccc1O. The van der Waals surface area contributed by atoms with E-state index in [0.717, 1.165) is 0 Å². The Morgan fingerprint density at radius 3 is 1.89 bits per heavy atom. The molecule has 0 radical (unpaired) electrons. The third-order valence-electron chi connectivity index (χ3n) is 3.84. The Balaban J connectivity index is 2.04. The average Bonchev–Trinajstić information content (AvgIpc) is 2.71. The molecule has 0 fully saturated rings. The normalized spacial score (nSPS) is 10.8. The van der Waals surface area contributed by atoms with Crippen LogP contribution in [0.25, 0.3) is 12.2 Å². The maximum absolute atomic E-state index is 12.1. The van der Waals surface area contributed by atoms with Crippen LogP contribution in [0.1, 0.15) is 17.5 Å². The number of hydrogen-bond acceptors (Lipinski definition) is 6. The molecule has 0 heterocycles. The van der Waals surface area contributed by atoms with E-state index in [-0.39, 0.29) is 29.3 Å². The van der Waals surface area contributed by atoms with Crippen LogP contribution in [0.2, 0.25) is 0 Å². The Morgan fingerprint density at radius 2 is 1.43 bits per heavy atom. The second-order valence-corrected chi connectivity index (χ2v) is 5.80. The van der Waals surface area contributed by atoms with Gasteiger partial charge in [0.25, 0.3) is 0 Å². The molecule has 2 aromatic rings. The van der Waals surface area contributed by atoms with Crippen molar-refractivity contribution < 1.29 is 29.3 Å². The molecule has 0 saturated carbocycles. The minimum absolute atomic E-state index is 0.00755. The molecule has 2 N–H and O–H groups in total. The Labute approximate surface area is 162 Å². The summed E-state index contributed by atoms with van der Waals surface area (Å²) in [7, 11) is 2.87. The fourth-order valence-corrected chi connectivity index (χ4v) is 2.36. The van der Waals surface area contributed by atoms with E-state index in [2.05, 4.69) is 0 Å². The number of carbonyl (C=O) groups is 1. The van der Waals surface area contributed by atoms with E-state index in [9.17, 15) is 19.8 Å². The number of hydrogen-bond donors (Lipinski definition) is 2. The number of ketones is 1. The van der Waals surface area contributed by atoms with Gasteiger partial charge in [-0.3, -0.25) is 4.79 Å². The molecule has 144 valence electrons. The molecule has 0 bridgehead atoms. The monoisotopic (exact) mass is 380 g/mol. The molecule has 0 aromatic heterocycles. The molecule has 0 amide bonds. The fraction of sp³-hybridized carbons (Fsp3) is 0.136. The Kier molecular flexibility index (Phi) is 7.20. The van der Waals surface area contributed by atoms with Crippen LogP contribution in [0, 0.1) is 0 Å². The van der Waals surface area contributed by atoms with E-state index in [0.29, 0.717) is 22.6 Å². The van der Waals surface area contributed by atoms with Crippen LogP contribution in [-0.2, 0) is 9.59 Å². The molecule has 0 aliphatic carbocycles. The van der Waals surface area contributed by atoms with Crippen molar-refractivity contribution in [1.29, 1.82) is 0 Å². The lowest BCUT2D eigenvalue weighted by atomic mass is 10.1. The summed E-state index contributed by atoms with van der Waals surface area (Å²) in [5, 5.41) is 19.2. The lowest BCUT2D eigenvalue weighted by Gasteiger charge is -2.04. The van der Waals surface area contributed by atoms with Crippen LogP contribution >= 0.6 is 0 Å². The van der Waals surface area contributed by atoms with Gasteiger partial charge < -0.3 is 19.7 Å². The maximum atomic E-state index is 12.1. The predicted molar refractivity (Wildman–Crippen MR) is 106 cm³/mol. The molecule has 2 aromatic carbocycles. The zero-order valence-electron chi connectivity index (χ0n) is 15.5. The van der Waals surface area contributed by atoms with Gasteiger partial charge in [-0.1, -0.05) is 24.3 Å². The lowest BCUT2D eigenvalue weighted by Crippen LogP contribution is -1.95. The highest BCUT2D eigenvalue weighted by molar-refractivity contribution is 5.96. The first kappa shape index (κ1) is 20.6. The number of phenols is 2. The van der Waals surface area contributed by atoms with Crippen molar-refractivity contribution >= 4 is 23.9 Å². The van der Waals surface area contributed by atoms with Crippen molar-refractivity contribution in [3.8, 4) is 23.0 Å². The first-order valence-corrected chi connectivity index (χ1v) is 8.33. The van der Waals surface area contributed by atoms with E-state index in [1.165, 1.54) is 38.5 Å². The molecular formula is C22H20O6. The van der Waals surface area contributed by atoms with Gasteiger partial charge in [-0.2, -0.15) is 0 Å². The zero-order valence-corrected chi connectivity index (χ0v) is 15.5. The molecule has 6 heteroatoms. The summed E-state index contributed by atoms with van der Waals surface area (Å²) in [6, 6.07) is 9.42.